The van der Waals surface area contributed by atoms with Gasteiger partial charge in [-0.2, -0.15) is 0 Å². The minimum atomic E-state index is -1.74. The zero-order valence-corrected chi connectivity index (χ0v) is 15.4. The Balaban J connectivity index is 2.88. The van der Waals surface area contributed by atoms with Gasteiger partial charge in [0.1, 0.15) is 5.60 Å². The van der Waals surface area contributed by atoms with Crippen molar-refractivity contribution < 1.29 is 20.4 Å². The summed E-state index contributed by atoms with van der Waals surface area (Å²) < 4.78 is 0. The Bertz CT molecular complexity index is 688. The van der Waals surface area contributed by atoms with E-state index in [4.69, 9.17) is 0 Å². The van der Waals surface area contributed by atoms with Crippen molar-refractivity contribution >= 4 is 0 Å². The summed E-state index contributed by atoms with van der Waals surface area (Å²) in [6.07, 6.45) is 0. The Kier molecular flexibility index (Phi) is 5.69. The molecule has 0 radical (unpaired) electrons. The van der Waals surface area contributed by atoms with E-state index in [9.17, 15) is 20.4 Å². The summed E-state index contributed by atoms with van der Waals surface area (Å²) in [6, 6.07) is 11.3. The smallest absolute Gasteiger partial charge is 0.127 e. The molecule has 4 nitrogen and oxygen atoms in total. The van der Waals surface area contributed by atoms with E-state index in [2.05, 4.69) is 0 Å². The third-order valence-corrected chi connectivity index (χ3v) is 5.22. The zero-order chi connectivity index (χ0) is 18.8. The molecule has 0 saturated carbocycles. The van der Waals surface area contributed by atoms with Crippen molar-refractivity contribution in [1.29, 1.82) is 0 Å². The van der Waals surface area contributed by atoms with Crippen LogP contribution >= 0.6 is 0 Å². The van der Waals surface area contributed by atoms with Crippen molar-refractivity contribution in [2.45, 2.75) is 33.3 Å². The van der Waals surface area contributed by atoms with E-state index in [1.54, 1.807) is 12.1 Å². The van der Waals surface area contributed by atoms with Crippen LogP contribution in [0.15, 0.2) is 36.4 Å². The van der Waals surface area contributed by atoms with Crippen molar-refractivity contribution in [2.24, 2.45) is 5.41 Å². The molecule has 2 aromatic carbocycles. The second kappa shape index (κ2) is 7.26. The molecule has 0 bridgehead atoms. The summed E-state index contributed by atoms with van der Waals surface area (Å²) >= 11 is 0. The second-order valence-corrected chi connectivity index (χ2v) is 7.10. The highest BCUT2D eigenvalue weighted by molar-refractivity contribution is 5.48. The minimum Gasteiger partial charge on any atom is -0.395 e. The maximum Gasteiger partial charge on any atom is 0.127 e. The summed E-state index contributed by atoms with van der Waals surface area (Å²) in [4.78, 5) is 0. The Morgan fingerprint density at radius 2 is 1.04 bits per heavy atom. The van der Waals surface area contributed by atoms with Gasteiger partial charge >= 0.3 is 0 Å². The third-order valence-electron chi connectivity index (χ3n) is 5.22. The maximum atomic E-state index is 11.9. The molecule has 25 heavy (non-hydrogen) atoms. The monoisotopic (exact) mass is 344 g/mol. The van der Waals surface area contributed by atoms with Gasteiger partial charge in [-0.1, -0.05) is 47.5 Å². The Labute approximate surface area is 149 Å². The molecule has 2 aromatic rings. The quantitative estimate of drug-likeness (QED) is 0.647. The molecule has 0 unspecified atom stereocenters. The molecular weight excluding hydrogens is 316 g/mol. The predicted molar refractivity (Wildman–Crippen MR) is 98.5 cm³/mol. The number of rotatable bonds is 6. The van der Waals surface area contributed by atoms with E-state index in [-0.39, 0.29) is 0 Å². The van der Waals surface area contributed by atoms with Crippen LogP contribution in [0.3, 0.4) is 0 Å². The second-order valence-electron chi connectivity index (χ2n) is 7.10. The molecule has 0 heterocycles. The largest absolute Gasteiger partial charge is 0.395 e. The Hall–Kier alpha value is -1.72. The molecule has 4 N–H and O–H groups in total. The molecule has 0 aromatic heterocycles. The lowest BCUT2D eigenvalue weighted by molar-refractivity contribution is -0.136. The molecule has 136 valence electrons. The van der Waals surface area contributed by atoms with Crippen LogP contribution in [0, 0.1) is 33.1 Å². The fourth-order valence-electron chi connectivity index (χ4n) is 3.65. The number of hydrogen-bond donors (Lipinski definition) is 4. The van der Waals surface area contributed by atoms with Gasteiger partial charge in [-0.3, -0.25) is 0 Å². The van der Waals surface area contributed by atoms with E-state index >= 15 is 0 Å². The number of aryl methyl sites for hydroxylation is 4. The summed E-state index contributed by atoms with van der Waals surface area (Å²) in [5.74, 6) is 0. The number of hydrogen-bond acceptors (Lipinski definition) is 4. The van der Waals surface area contributed by atoms with Crippen LogP contribution in [-0.2, 0) is 5.60 Å². The van der Waals surface area contributed by atoms with Crippen molar-refractivity contribution in [3.63, 3.8) is 0 Å². The molecule has 0 spiro atoms. The summed E-state index contributed by atoms with van der Waals surface area (Å²) in [5.41, 5.74) is 1.65. The molecule has 0 amide bonds. The average molecular weight is 344 g/mol. The Morgan fingerprint density at radius 1 is 0.680 bits per heavy atom. The maximum absolute atomic E-state index is 11.9. The van der Waals surface area contributed by atoms with Crippen LogP contribution in [0.2, 0.25) is 0 Å². The minimum absolute atomic E-state index is 0.558. The van der Waals surface area contributed by atoms with Crippen molar-refractivity contribution in [3.8, 4) is 0 Å². The van der Waals surface area contributed by atoms with Crippen LogP contribution in [0.5, 0.6) is 0 Å². The van der Waals surface area contributed by atoms with E-state index in [1.807, 2.05) is 52.0 Å². The topological polar surface area (TPSA) is 80.9 Å². The van der Waals surface area contributed by atoms with E-state index in [0.29, 0.717) is 11.1 Å². The van der Waals surface area contributed by atoms with Crippen molar-refractivity contribution in [1.82, 2.24) is 0 Å². The van der Waals surface area contributed by atoms with Gasteiger partial charge in [-0.05, 0) is 49.9 Å². The Morgan fingerprint density at radius 3 is 1.32 bits per heavy atom. The van der Waals surface area contributed by atoms with Gasteiger partial charge in [0.05, 0.1) is 25.2 Å². The molecule has 0 aliphatic rings. The summed E-state index contributed by atoms with van der Waals surface area (Å²) in [7, 11) is 0. The van der Waals surface area contributed by atoms with Gasteiger partial charge < -0.3 is 20.4 Å². The van der Waals surface area contributed by atoms with E-state index in [1.165, 1.54) is 0 Å². The molecule has 4 heteroatoms. The van der Waals surface area contributed by atoms with E-state index in [0.717, 1.165) is 22.3 Å². The van der Waals surface area contributed by atoms with Gasteiger partial charge in [-0.15, -0.1) is 0 Å². The van der Waals surface area contributed by atoms with Gasteiger partial charge in [0.15, 0.2) is 0 Å². The first-order valence-electron chi connectivity index (χ1n) is 8.46. The van der Waals surface area contributed by atoms with E-state index < -0.39 is 30.8 Å². The standard InChI is InChI=1S/C21H28O4/c1-14-5-7-18(16(3)9-14)21(25,20(11-22,12-23)13-24)19-8-6-15(2)10-17(19)4/h5-10,22-25H,11-13H2,1-4H3. The first-order chi connectivity index (χ1) is 11.8. The van der Waals surface area contributed by atoms with Crippen LogP contribution in [0.4, 0.5) is 0 Å². The fraction of sp³-hybridized carbons (Fsp3) is 0.429. The normalized spacial score (nSPS) is 12.5. The highest BCUT2D eigenvalue weighted by Crippen LogP contribution is 2.47. The van der Waals surface area contributed by atoms with Gasteiger partial charge in [0, 0.05) is 0 Å². The SMILES string of the molecule is Cc1ccc(C(O)(c2ccc(C)cc2C)C(CO)(CO)CO)c(C)c1. The first-order valence-corrected chi connectivity index (χ1v) is 8.46. The number of aliphatic hydroxyl groups excluding tert-OH is 3. The van der Waals surface area contributed by atoms with Gasteiger partial charge in [-0.25, -0.2) is 0 Å². The highest BCUT2D eigenvalue weighted by Gasteiger charge is 2.53. The molecule has 0 saturated heterocycles. The third kappa shape index (κ3) is 3.11. The van der Waals surface area contributed by atoms with Crippen LogP contribution in [-0.4, -0.2) is 40.2 Å². The fourth-order valence-corrected chi connectivity index (χ4v) is 3.65. The summed E-state index contributed by atoms with van der Waals surface area (Å²) in [5, 5.41) is 42.1. The molecule has 0 aliphatic carbocycles. The average Bonchev–Trinajstić information content (AvgIpc) is 2.56. The molecule has 0 fully saturated rings. The van der Waals surface area contributed by atoms with Gasteiger partial charge in [0.2, 0.25) is 0 Å². The van der Waals surface area contributed by atoms with Crippen molar-refractivity contribution in [3.05, 3.63) is 69.8 Å². The molecule has 2 rings (SSSR count). The highest BCUT2D eigenvalue weighted by atomic mass is 16.3. The van der Waals surface area contributed by atoms with Crippen LogP contribution in [0.1, 0.15) is 33.4 Å². The lowest BCUT2D eigenvalue weighted by Crippen LogP contribution is -2.54. The first kappa shape index (κ1) is 19.6. The molecule has 0 atom stereocenters. The number of aliphatic hydroxyl groups is 4. The lowest BCUT2D eigenvalue weighted by atomic mass is 9.64. The lowest BCUT2D eigenvalue weighted by Gasteiger charge is -2.46. The summed E-state index contributed by atoms with van der Waals surface area (Å²) in [6.45, 7) is 6.02. The number of benzene rings is 2. The molecule has 0 aliphatic heterocycles. The van der Waals surface area contributed by atoms with Gasteiger partial charge in [0.25, 0.3) is 0 Å². The van der Waals surface area contributed by atoms with Crippen molar-refractivity contribution in [2.75, 3.05) is 19.8 Å². The van der Waals surface area contributed by atoms with Crippen LogP contribution in [0.25, 0.3) is 0 Å². The van der Waals surface area contributed by atoms with Crippen LogP contribution < -0.4 is 0 Å². The molecular formula is C21H28O4. The predicted octanol–water partition coefficient (Wildman–Crippen LogP) is 2.12. The zero-order valence-electron chi connectivity index (χ0n) is 15.4.